The number of halogens is 1. The summed E-state index contributed by atoms with van der Waals surface area (Å²) in [5, 5.41) is 0.978. The van der Waals surface area contributed by atoms with Crippen LogP contribution in [0, 0.1) is 0 Å². The third kappa shape index (κ3) is 3.09. The Morgan fingerprint density at radius 1 is 1.41 bits per heavy atom. The molecule has 5 heteroatoms. The molecule has 1 unspecified atom stereocenters. The van der Waals surface area contributed by atoms with Gasteiger partial charge in [0.1, 0.15) is 0 Å². The quantitative estimate of drug-likeness (QED) is 0.804. The topological polar surface area (TPSA) is 38.2 Å². The largest absolute Gasteiger partial charge is 0.480 e. The van der Waals surface area contributed by atoms with Crippen LogP contribution in [-0.2, 0) is 0 Å². The molecule has 1 aliphatic heterocycles. The van der Waals surface area contributed by atoms with Crippen LogP contribution in [-0.4, -0.2) is 35.0 Å². The van der Waals surface area contributed by atoms with E-state index >= 15 is 0 Å². The molecule has 0 radical (unpaired) electrons. The standard InChI is InChI=1S/C12H18BrN3O/c1-17-12-9-14-8-11(15-12)16-6-4-2-3-5-10(16)7-13/h8-10H,2-7H2,1H3. The van der Waals surface area contributed by atoms with Gasteiger partial charge in [0.25, 0.3) is 0 Å². The highest BCUT2D eigenvalue weighted by Gasteiger charge is 2.21. The van der Waals surface area contributed by atoms with Crippen LogP contribution in [0.2, 0.25) is 0 Å². The predicted octanol–water partition coefficient (Wildman–Crippen LogP) is 2.63. The minimum Gasteiger partial charge on any atom is -0.480 e. The van der Waals surface area contributed by atoms with Gasteiger partial charge in [-0.3, -0.25) is 4.98 Å². The van der Waals surface area contributed by atoms with Gasteiger partial charge in [0.05, 0.1) is 19.5 Å². The second-order valence-electron chi connectivity index (χ2n) is 4.27. The van der Waals surface area contributed by atoms with E-state index in [0.717, 1.165) is 17.7 Å². The summed E-state index contributed by atoms with van der Waals surface area (Å²) in [6, 6.07) is 0.513. The van der Waals surface area contributed by atoms with E-state index in [4.69, 9.17) is 4.74 Å². The Morgan fingerprint density at radius 3 is 3.06 bits per heavy atom. The van der Waals surface area contributed by atoms with Crippen molar-refractivity contribution in [3.8, 4) is 5.88 Å². The Bertz CT molecular complexity index is 361. The Kier molecular flexibility index (Phi) is 4.59. The zero-order chi connectivity index (χ0) is 12.1. The first-order chi connectivity index (χ1) is 8.35. The molecule has 0 aromatic carbocycles. The maximum atomic E-state index is 5.13. The average molecular weight is 300 g/mol. The van der Waals surface area contributed by atoms with Crippen LogP contribution in [0.1, 0.15) is 25.7 Å². The summed E-state index contributed by atoms with van der Waals surface area (Å²) < 4.78 is 5.13. The zero-order valence-electron chi connectivity index (χ0n) is 10.1. The fourth-order valence-corrected chi connectivity index (χ4v) is 2.89. The fraction of sp³-hybridized carbons (Fsp3) is 0.667. The molecule has 4 nitrogen and oxygen atoms in total. The number of aromatic nitrogens is 2. The molecule has 1 atom stereocenters. The van der Waals surface area contributed by atoms with Crippen LogP contribution in [0.15, 0.2) is 12.4 Å². The van der Waals surface area contributed by atoms with E-state index in [1.54, 1.807) is 13.3 Å². The molecule has 17 heavy (non-hydrogen) atoms. The summed E-state index contributed by atoms with van der Waals surface area (Å²) >= 11 is 3.60. The van der Waals surface area contributed by atoms with Crippen LogP contribution >= 0.6 is 15.9 Å². The van der Waals surface area contributed by atoms with Gasteiger partial charge < -0.3 is 9.64 Å². The number of anilines is 1. The second kappa shape index (κ2) is 6.19. The van der Waals surface area contributed by atoms with Gasteiger partial charge in [-0.15, -0.1) is 0 Å². The lowest BCUT2D eigenvalue weighted by atomic mass is 10.1. The molecule has 2 heterocycles. The average Bonchev–Trinajstić information content (AvgIpc) is 2.63. The smallest absolute Gasteiger partial charge is 0.233 e. The lowest BCUT2D eigenvalue weighted by molar-refractivity contribution is 0.395. The Morgan fingerprint density at radius 2 is 2.29 bits per heavy atom. The SMILES string of the molecule is COc1cncc(N2CCCCCC2CBr)n1. The second-order valence-corrected chi connectivity index (χ2v) is 4.92. The van der Waals surface area contributed by atoms with Crippen LogP contribution in [0.3, 0.4) is 0 Å². The lowest BCUT2D eigenvalue weighted by Crippen LogP contribution is -2.36. The van der Waals surface area contributed by atoms with Crippen molar-refractivity contribution in [1.82, 2.24) is 9.97 Å². The summed E-state index contributed by atoms with van der Waals surface area (Å²) in [5.74, 6) is 1.51. The molecule has 1 aromatic rings. The van der Waals surface area contributed by atoms with Crippen LogP contribution in [0.5, 0.6) is 5.88 Å². The van der Waals surface area contributed by atoms with E-state index in [0.29, 0.717) is 11.9 Å². The number of hydrogen-bond acceptors (Lipinski definition) is 4. The van der Waals surface area contributed by atoms with E-state index in [1.807, 2.05) is 6.20 Å². The van der Waals surface area contributed by atoms with Gasteiger partial charge in [0, 0.05) is 17.9 Å². The first-order valence-electron chi connectivity index (χ1n) is 6.04. The van der Waals surface area contributed by atoms with Crippen molar-refractivity contribution in [2.75, 3.05) is 23.9 Å². The van der Waals surface area contributed by atoms with Gasteiger partial charge in [-0.2, -0.15) is 4.98 Å². The van der Waals surface area contributed by atoms with Crippen molar-refractivity contribution in [2.24, 2.45) is 0 Å². The molecule has 94 valence electrons. The molecule has 1 aromatic heterocycles. The molecule has 1 fully saturated rings. The Balaban J connectivity index is 2.21. The fourth-order valence-electron chi connectivity index (χ4n) is 2.21. The third-order valence-electron chi connectivity index (χ3n) is 3.16. The summed E-state index contributed by atoms with van der Waals surface area (Å²) in [5.41, 5.74) is 0. The normalized spacial score (nSPS) is 21.1. The molecule has 1 aliphatic rings. The minimum atomic E-state index is 0.513. The molecule has 0 bridgehead atoms. The highest BCUT2D eigenvalue weighted by molar-refractivity contribution is 9.09. The molecule has 0 saturated carbocycles. The predicted molar refractivity (Wildman–Crippen MR) is 72.0 cm³/mol. The third-order valence-corrected chi connectivity index (χ3v) is 3.91. The number of alkyl halides is 1. The minimum absolute atomic E-state index is 0.513. The van der Waals surface area contributed by atoms with Crippen molar-refractivity contribution >= 4 is 21.7 Å². The Labute approximate surface area is 111 Å². The molecule has 2 rings (SSSR count). The summed E-state index contributed by atoms with van der Waals surface area (Å²) in [6.07, 6.45) is 8.50. The first-order valence-corrected chi connectivity index (χ1v) is 7.16. The molecular weight excluding hydrogens is 282 g/mol. The van der Waals surface area contributed by atoms with Crippen molar-refractivity contribution in [2.45, 2.75) is 31.7 Å². The van der Waals surface area contributed by atoms with Gasteiger partial charge in [-0.05, 0) is 12.8 Å². The van der Waals surface area contributed by atoms with E-state index in [1.165, 1.54) is 25.7 Å². The Hall–Kier alpha value is -0.840. The van der Waals surface area contributed by atoms with E-state index in [9.17, 15) is 0 Å². The van der Waals surface area contributed by atoms with Crippen molar-refractivity contribution in [1.29, 1.82) is 0 Å². The summed E-state index contributed by atoms with van der Waals surface area (Å²) in [7, 11) is 1.62. The van der Waals surface area contributed by atoms with Gasteiger partial charge in [-0.25, -0.2) is 0 Å². The van der Waals surface area contributed by atoms with Crippen LogP contribution < -0.4 is 9.64 Å². The van der Waals surface area contributed by atoms with Gasteiger partial charge in [-0.1, -0.05) is 28.8 Å². The molecule has 0 spiro atoms. The highest BCUT2D eigenvalue weighted by Crippen LogP contribution is 2.24. The number of methoxy groups -OCH3 is 1. The van der Waals surface area contributed by atoms with E-state index < -0.39 is 0 Å². The maximum absolute atomic E-state index is 5.13. The summed E-state index contributed by atoms with van der Waals surface area (Å²) in [6.45, 7) is 1.05. The number of hydrogen-bond donors (Lipinski definition) is 0. The van der Waals surface area contributed by atoms with E-state index in [2.05, 4.69) is 30.8 Å². The van der Waals surface area contributed by atoms with Crippen molar-refractivity contribution in [3.63, 3.8) is 0 Å². The van der Waals surface area contributed by atoms with Crippen LogP contribution in [0.25, 0.3) is 0 Å². The molecule has 0 aliphatic carbocycles. The number of rotatable bonds is 3. The van der Waals surface area contributed by atoms with Crippen LogP contribution in [0.4, 0.5) is 5.82 Å². The molecule has 1 saturated heterocycles. The monoisotopic (exact) mass is 299 g/mol. The zero-order valence-corrected chi connectivity index (χ0v) is 11.7. The van der Waals surface area contributed by atoms with Gasteiger partial charge >= 0.3 is 0 Å². The molecule has 0 amide bonds. The first kappa shape index (κ1) is 12.6. The molecule has 0 N–H and O–H groups in total. The summed E-state index contributed by atoms with van der Waals surface area (Å²) in [4.78, 5) is 11.0. The number of ether oxygens (including phenoxy) is 1. The number of nitrogens with zero attached hydrogens (tertiary/aromatic N) is 3. The van der Waals surface area contributed by atoms with Crippen molar-refractivity contribution in [3.05, 3.63) is 12.4 Å². The van der Waals surface area contributed by atoms with Gasteiger partial charge in [0.15, 0.2) is 5.82 Å². The maximum Gasteiger partial charge on any atom is 0.233 e. The van der Waals surface area contributed by atoms with Gasteiger partial charge in [0.2, 0.25) is 5.88 Å². The van der Waals surface area contributed by atoms with E-state index in [-0.39, 0.29) is 0 Å². The van der Waals surface area contributed by atoms with Crippen molar-refractivity contribution < 1.29 is 4.74 Å². The lowest BCUT2D eigenvalue weighted by Gasteiger charge is -2.29. The highest BCUT2D eigenvalue weighted by atomic mass is 79.9. The molecular formula is C12H18BrN3O.